The van der Waals surface area contributed by atoms with Crippen LogP contribution in [0.5, 0.6) is 0 Å². The lowest BCUT2D eigenvalue weighted by molar-refractivity contribution is 0.217. The van der Waals surface area contributed by atoms with Crippen LogP contribution in [0.4, 0.5) is 4.39 Å². The molecule has 2 rings (SSSR count). The second kappa shape index (κ2) is 5.58. The van der Waals surface area contributed by atoms with Gasteiger partial charge in [-0.05, 0) is 36.8 Å². The van der Waals surface area contributed by atoms with Gasteiger partial charge < -0.3 is 0 Å². The van der Waals surface area contributed by atoms with Crippen LogP contribution in [-0.4, -0.2) is 5.88 Å². The summed E-state index contributed by atoms with van der Waals surface area (Å²) in [5.74, 6) is 0.394. The Bertz CT molecular complexity index is 364. The number of halogens is 3. The molecule has 0 spiro atoms. The summed E-state index contributed by atoms with van der Waals surface area (Å²) >= 11 is 12.2. The van der Waals surface area contributed by atoms with E-state index < -0.39 is 0 Å². The molecule has 0 atom stereocenters. The maximum atomic E-state index is 13.8. The molecule has 0 heterocycles. The highest BCUT2D eigenvalue weighted by atomic mass is 35.5. The fraction of sp³-hybridized carbons (Fsp3) is 0.571. The van der Waals surface area contributed by atoms with Crippen LogP contribution in [0.2, 0.25) is 5.02 Å². The number of benzene rings is 1. The van der Waals surface area contributed by atoms with E-state index in [9.17, 15) is 4.39 Å². The maximum absolute atomic E-state index is 13.8. The van der Waals surface area contributed by atoms with Crippen LogP contribution in [0.3, 0.4) is 0 Å². The molecule has 94 valence electrons. The van der Waals surface area contributed by atoms with Gasteiger partial charge in [-0.25, -0.2) is 4.39 Å². The largest absolute Gasteiger partial charge is 0.207 e. The average Bonchev–Trinajstić information content (AvgIpc) is 2.35. The number of rotatable bonds is 3. The Morgan fingerprint density at radius 3 is 2.47 bits per heavy atom. The molecule has 0 radical (unpaired) electrons. The van der Waals surface area contributed by atoms with Gasteiger partial charge in [0.05, 0.1) is 0 Å². The third kappa shape index (κ3) is 2.95. The predicted octanol–water partition coefficient (Wildman–Crippen LogP) is 5.21. The first kappa shape index (κ1) is 13.2. The SMILES string of the molecule is Fc1cccc(Cl)c1CC1(CCl)CCCCC1. The molecule has 1 aromatic carbocycles. The van der Waals surface area contributed by atoms with E-state index in [4.69, 9.17) is 23.2 Å². The van der Waals surface area contributed by atoms with Crippen molar-refractivity contribution in [3.63, 3.8) is 0 Å². The van der Waals surface area contributed by atoms with Crippen LogP contribution >= 0.6 is 23.2 Å². The van der Waals surface area contributed by atoms with Gasteiger partial charge in [0.25, 0.3) is 0 Å². The Morgan fingerprint density at radius 2 is 1.88 bits per heavy atom. The Balaban J connectivity index is 2.23. The Labute approximate surface area is 112 Å². The van der Waals surface area contributed by atoms with Crippen LogP contribution in [0.25, 0.3) is 0 Å². The van der Waals surface area contributed by atoms with Crippen molar-refractivity contribution in [2.75, 3.05) is 5.88 Å². The molecule has 0 bridgehead atoms. The standard InChI is InChI=1S/C14H17Cl2F/c15-10-14(7-2-1-3-8-14)9-11-12(16)5-4-6-13(11)17/h4-6H,1-3,7-10H2. The molecular weight excluding hydrogens is 258 g/mol. The third-order valence-electron chi connectivity index (χ3n) is 3.81. The Morgan fingerprint density at radius 1 is 1.18 bits per heavy atom. The van der Waals surface area contributed by atoms with Crippen LogP contribution < -0.4 is 0 Å². The molecule has 1 saturated carbocycles. The summed E-state index contributed by atoms with van der Waals surface area (Å²) in [6.07, 6.45) is 6.49. The van der Waals surface area contributed by atoms with Crippen molar-refractivity contribution in [3.05, 3.63) is 34.6 Å². The lowest BCUT2D eigenvalue weighted by atomic mass is 9.71. The van der Waals surface area contributed by atoms with E-state index in [2.05, 4.69) is 0 Å². The first-order valence-corrected chi connectivity index (χ1v) is 7.07. The van der Waals surface area contributed by atoms with E-state index in [1.807, 2.05) is 0 Å². The van der Waals surface area contributed by atoms with Gasteiger partial charge in [0.1, 0.15) is 5.82 Å². The highest BCUT2D eigenvalue weighted by Crippen LogP contribution is 2.41. The van der Waals surface area contributed by atoms with Crippen LogP contribution in [0.1, 0.15) is 37.7 Å². The van der Waals surface area contributed by atoms with Gasteiger partial charge in [0.15, 0.2) is 0 Å². The van der Waals surface area contributed by atoms with E-state index in [-0.39, 0.29) is 11.2 Å². The van der Waals surface area contributed by atoms with E-state index in [1.165, 1.54) is 25.3 Å². The summed E-state index contributed by atoms with van der Waals surface area (Å²) in [6, 6.07) is 4.88. The van der Waals surface area contributed by atoms with Crippen LogP contribution in [0.15, 0.2) is 18.2 Å². The fourth-order valence-electron chi connectivity index (χ4n) is 2.74. The predicted molar refractivity (Wildman–Crippen MR) is 71.4 cm³/mol. The first-order valence-electron chi connectivity index (χ1n) is 6.16. The minimum Gasteiger partial charge on any atom is -0.207 e. The van der Waals surface area contributed by atoms with E-state index in [0.29, 0.717) is 22.9 Å². The fourth-order valence-corrected chi connectivity index (χ4v) is 3.33. The van der Waals surface area contributed by atoms with Gasteiger partial charge in [-0.15, -0.1) is 11.6 Å². The van der Waals surface area contributed by atoms with Crippen molar-refractivity contribution in [2.45, 2.75) is 38.5 Å². The highest BCUT2D eigenvalue weighted by Gasteiger charge is 2.32. The van der Waals surface area contributed by atoms with Gasteiger partial charge in [-0.3, -0.25) is 0 Å². The lowest BCUT2D eigenvalue weighted by Gasteiger charge is -2.36. The second-order valence-corrected chi connectivity index (χ2v) is 5.75. The average molecular weight is 275 g/mol. The Hall–Kier alpha value is -0.270. The van der Waals surface area contributed by atoms with Crippen molar-refractivity contribution < 1.29 is 4.39 Å². The minimum atomic E-state index is -0.201. The number of hydrogen-bond acceptors (Lipinski definition) is 0. The van der Waals surface area contributed by atoms with Crippen LogP contribution in [-0.2, 0) is 6.42 Å². The molecule has 0 aliphatic heterocycles. The van der Waals surface area contributed by atoms with Crippen molar-refractivity contribution in [1.82, 2.24) is 0 Å². The molecule has 0 nitrogen and oxygen atoms in total. The van der Waals surface area contributed by atoms with Gasteiger partial charge >= 0.3 is 0 Å². The normalized spacial score (nSPS) is 19.2. The summed E-state index contributed by atoms with van der Waals surface area (Å²) in [5, 5.41) is 0.528. The molecule has 0 amide bonds. The summed E-state index contributed by atoms with van der Waals surface area (Å²) in [6.45, 7) is 0. The van der Waals surface area contributed by atoms with Gasteiger partial charge in [0.2, 0.25) is 0 Å². The summed E-state index contributed by atoms with van der Waals surface area (Å²) in [4.78, 5) is 0. The maximum Gasteiger partial charge on any atom is 0.127 e. The molecule has 17 heavy (non-hydrogen) atoms. The smallest absolute Gasteiger partial charge is 0.127 e. The van der Waals surface area contributed by atoms with Crippen molar-refractivity contribution in [2.24, 2.45) is 5.41 Å². The van der Waals surface area contributed by atoms with Gasteiger partial charge in [0, 0.05) is 16.5 Å². The van der Waals surface area contributed by atoms with Gasteiger partial charge in [-0.2, -0.15) is 0 Å². The minimum absolute atomic E-state index is 0.0473. The summed E-state index contributed by atoms with van der Waals surface area (Å²) < 4.78 is 13.8. The van der Waals surface area contributed by atoms with E-state index in [1.54, 1.807) is 12.1 Å². The first-order chi connectivity index (χ1) is 8.17. The Kier molecular flexibility index (Phi) is 4.32. The van der Waals surface area contributed by atoms with Crippen molar-refractivity contribution in [1.29, 1.82) is 0 Å². The lowest BCUT2D eigenvalue weighted by Crippen LogP contribution is -2.29. The molecule has 0 saturated heterocycles. The number of alkyl halides is 1. The highest BCUT2D eigenvalue weighted by molar-refractivity contribution is 6.31. The zero-order valence-corrected chi connectivity index (χ0v) is 11.3. The van der Waals surface area contributed by atoms with E-state index >= 15 is 0 Å². The quantitative estimate of drug-likeness (QED) is 0.664. The summed E-state index contributed by atoms with van der Waals surface area (Å²) in [7, 11) is 0. The molecule has 3 heteroatoms. The van der Waals surface area contributed by atoms with E-state index in [0.717, 1.165) is 12.8 Å². The zero-order valence-electron chi connectivity index (χ0n) is 9.82. The van der Waals surface area contributed by atoms with Crippen molar-refractivity contribution >= 4 is 23.2 Å². The molecule has 1 aliphatic carbocycles. The van der Waals surface area contributed by atoms with Gasteiger partial charge in [-0.1, -0.05) is 36.9 Å². The number of hydrogen-bond donors (Lipinski definition) is 0. The second-order valence-electron chi connectivity index (χ2n) is 5.07. The zero-order chi connectivity index (χ0) is 12.3. The molecule has 1 aromatic rings. The molecule has 1 aliphatic rings. The topological polar surface area (TPSA) is 0 Å². The molecule has 0 unspecified atom stereocenters. The molecule has 0 N–H and O–H groups in total. The summed E-state index contributed by atoms with van der Waals surface area (Å²) in [5.41, 5.74) is 0.683. The monoisotopic (exact) mass is 274 g/mol. The molecule has 0 aromatic heterocycles. The van der Waals surface area contributed by atoms with Crippen LogP contribution in [0, 0.1) is 11.2 Å². The van der Waals surface area contributed by atoms with Crippen molar-refractivity contribution in [3.8, 4) is 0 Å². The third-order valence-corrected chi connectivity index (χ3v) is 4.73. The molecule has 1 fully saturated rings. The molecular formula is C14H17Cl2F.